The topological polar surface area (TPSA) is 43.1 Å². The molecule has 0 radical (unpaired) electrons. The molecule has 2 aromatic carbocycles. The van der Waals surface area contributed by atoms with Crippen LogP contribution in [0, 0.1) is 15.9 Å². The van der Waals surface area contributed by atoms with Crippen LogP contribution in [0.2, 0.25) is 0 Å². The summed E-state index contributed by atoms with van der Waals surface area (Å²) in [6.07, 6.45) is -1.84. The highest BCUT2D eigenvalue weighted by Crippen LogP contribution is 2.44. The highest BCUT2D eigenvalue weighted by atomic mass is 32.2. The summed E-state index contributed by atoms with van der Waals surface area (Å²) in [4.78, 5) is 10.6. The molecule has 1 aliphatic rings. The van der Waals surface area contributed by atoms with Crippen LogP contribution < -0.4 is 0 Å². The van der Waals surface area contributed by atoms with Gasteiger partial charge in [0.05, 0.1) is 4.92 Å². The van der Waals surface area contributed by atoms with Gasteiger partial charge in [0.25, 0.3) is 5.69 Å². The minimum Gasteiger partial charge on any atom is -0.258 e. The third-order valence-electron chi connectivity index (χ3n) is 3.27. The van der Waals surface area contributed by atoms with Gasteiger partial charge in [0.2, 0.25) is 0 Å². The molecule has 8 heteroatoms. The largest absolute Gasteiger partial charge is 0.423 e. The third kappa shape index (κ3) is 2.94. The molecule has 0 saturated carbocycles. The molecule has 0 atom stereocenters. The van der Waals surface area contributed by atoms with Crippen LogP contribution in [0.1, 0.15) is 16.7 Å². The summed E-state index contributed by atoms with van der Waals surface area (Å²) in [5, 5.41) is 11.0. The maximum absolute atomic E-state index is 13.3. The standard InChI is InChI=1S/C15H7F4NO2S/c16-10-4-3-8-1-2-9-5-11(15(17,18)19)12(20(21)22)7-14(9)23-13(8)6-10/h1-7H. The van der Waals surface area contributed by atoms with E-state index < -0.39 is 28.2 Å². The third-order valence-corrected chi connectivity index (χ3v) is 4.42. The Bertz CT molecular complexity index is 846. The zero-order valence-corrected chi connectivity index (χ0v) is 12.0. The second-order valence-electron chi connectivity index (χ2n) is 4.78. The molecule has 1 heterocycles. The lowest BCUT2D eigenvalue weighted by atomic mass is 10.1. The summed E-state index contributed by atoms with van der Waals surface area (Å²) in [5.41, 5.74) is -1.49. The Morgan fingerprint density at radius 2 is 1.65 bits per heavy atom. The number of nitro groups is 1. The van der Waals surface area contributed by atoms with Gasteiger partial charge < -0.3 is 0 Å². The lowest BCUT2D eigenvalue weighted by molar-refractivity contribution is -0.388. The predicted octanol–water partition coefficient (Wildman–Crippen LogP) is 5.39. The molecule has 0 saturated heterocycles. The zero-order chi connectivity index (χ0) is 16.8. The van der Waals surface area contributed by atoms with Crippen molar-refractivity contribution in [3.8, 4) is 0 Å². The first-order valence-electron chi connectivity index (χ1n) is 6.31. The smallest absolute Gasteiger partial charge is 0.258 e. The van der Waals surface area contributed by atoms with Crippen molar-refractivity contribution in [2.24, 2.45) is 0 Å². The quantitative estimate of drug-likeness (QED) is 0.339. The maximum Gasteiger partial charge on any atom is 0.423 e. The maximum atomic E-state index is 13.3. The molecule has 23 heavy (non-hydrogen) atoms. The van der Waals surface area contributed by atoms with E-state index in [-0.39, 0.29) is 10.5 Å². The Balaban J connectivity index is 2.20. The van der Waals surface area contributed by atoms with E-state index >= 15 is 0 Å². The molecule has 0 fully saturated rings. The van der Waals surface area contributed by atoms with Crippen LogP contribution in [0.15, 0.2) is 40.1 Å². The van der Waals surface area contributed by atoms with Gasteiger partial charge in [0, 0.05) is 15.9 Å². The second-order valence-corrected chi connectivity index (χ2v) is 5.86. The molecular formula is C15H7F4NO2S. The average molecular weight is 341 g/mol. The van der Waals surface area contributed by atoms with E-state index in [1.165, 1.54) is 24.3 Å². The molecule has 0 aromatic heterocycles. The van der Waals surface area contributed by atoms with Gasteiger partial charge in [0.1, 0.15) is 11.4 Å². The Kier molecular flexibility index (Phi) is 3.63. The molecule has 0 unspecified atom stereocenters. The molecule has 118 valence electrons. The molecule has 3 rings (SSSR count). The molecule has 0 spiro atoms. The number of halogens is 4. The molecule has 0 N–H and O–H groups in total. The highest BCUT2D eigenvalue weighted by molar-refractivity contribution is 7.99. The summed E-state index contributed by atoms with van der Waals surface area (Å²) in [5.74, 6) is -0.491. The fourth-order valence-corrected chi connectivity index (χ4v) is 3.29. The van der Waals surface area contributed by atoms with Gasteiger partial charge in [-0.3, -0.25) is 10.1 Å². The summed E-state index contributed by atoms with van der Waals surface area (Å²) in [6, 6.07) is 5.61. The zero-order valence-electron chi connectivity index (χ0n) is 11.2. The molecular weight excluding hydrogens is 334 g/mol. The molecule has 3 nitrogen and oxygen atoms in total. The van der Waals surface area contributed by atoms with E-state index in [4.69, 9.17) is 0 Å². The van der Waals surface area contributed by atoms with Crippen molar-refractivity contribution in [3.05, 3.63) is 63.0 Å². The van der Waals surface area contributed by atoms with Crippen LogP contribution in [0.3, 0.4) is 0 Å². The van der Waals surface area contributed by atoms with Crippen LogP contribution >= 0.6 is 11.8 Å². The van der Waals surface area contributed by atoms with Crippen molar-refractivity contribution < 1.29 is 22.5 Å². The first kappa shape index (κ1) is 15.5. The predicted molar refractivity (Wildman–Crippen MR) is 77.5 cm³/mol. The van der Waals surface area contributed by atoms with Crippen LogP contribution in [-0.4, -0.2) is 4.92 Å². The average Bonchev–Trinajstić information content (AvgIpc) is 2.62. The Morgan fingerprint density at radius 3 is 2.30 bits per heavy atom. The van der Waals surface area contributed by atoms with Crippen molar-refractivity contribution in [2.45, 2.75) is 16.0 Å². The minimum absolute atomic E-state index is 0.199. The van der Waals surface area contributed by atoms with Gasteiger partial charge in [-0.2, -0.15) is 13.2 Å². The number of fused-ring (bicyclic) bond motifs is 2. The fraction of sp³-hybridized carbons (Fsp3) is 0.0667. The molecule has 0 bridgehead atoms. The first-order valence-corrected chi connectivity index (χ1v) is 7.12. The lowest BCUT2D eigenvalue weighted by Crippen LogP contribution is -2.09. The van der Waals surface area contributed by atoms with Crippen LogP contribution in [0.5, 0.6) is 0 Å². The molecule has 0 amide bonds. The summed E-state index contributed by atoms with van der Waals surface area (Å²) in [6.45, 7) is 0. The Morgan fingerprint density at radius 1 is 1.00 bits per heavy atom. The highest BCUT2D eigenvalue weighted by Gasteiger charge is 2.39. The second kappa shape index (κ2) is 5.38. The van der Waals surface area contributed by atoms with E-state index in [2.05, 4.69) is 0 Å². The SMILES string of the molecule is O=[N+]([O-])c1cc2c(cc1C(F)(F)F)C=Cc1ccc(F)cc1S2. The summed E-state index contributed by atoms with van der Waals surface area (Å²) in [7, 11) is 0. The van der Waals surface area contributed by atoms with Gasteiger partial charge in [-0.05, 0) is 29.3 Å². The first-order chi connectivity index (χ1) is 10.8. The normalized spacial score (nSPS) is 13.2. The van der Waals surface area contributed by atoms with E-state index in [1.807, 2.05) is 0 Å². The minimum atomic E-state index is -4.83. The van der Waals surface area contributed by atoms with E-state index in [9.17, 15) is 27.7 Å². The van der Waals surface area contributed by atoms with Gasteiger partial charge in [0.15, 0.2) is 0 Å². The van der Waals surface area contributed by atoms with Crippen LogP contribution in [0.25, 0.3) is 12.2 Å². The van der Waals surface area contributed by atoms with Gasteiger partial charge in [-0.25, -0.2) is 4.39 Å². The van der Waals surface area contributed by atoms with Crippen molar-refractivity contribution in [2.75, 3.05) is 0 Å². The van der Waals surface area contributed by atoms with Crippen LogP contribution in [0.4, 0.5) is 23.2 Å². The number of nitrogens with zero attached hydrogens (tertiary/aromatic N) is 1. The number of nitro benzene ring substituents is 1. The number of hydrogen-bond donors (Lipinski definition) is 0. The summed E-state index contributed by atoms with van der Waals surface area (Å²) >= 11 is 0.994. The van der Waals surface area contributed by atoms with Crippen LogP contribution in [-0.2, 0) is 6.18 Å². The molecule has 0 aliphatic carbocycles. The monoisotopic (exact) mass is 341 g/mol. The summed E-state index contributed by atoms with van der Waals surface area (Å²) < 4.78 is 52.4. The number of rotatable bonds is 1. The number of alkyl halides is 3. The molecule has 1 aliphatic heterocycles. The Hall–Kier alpha value is -2.35. The fourth-order valence-electron chi connectivity index (χ4n) is 2.21. The van der Waals surface area contributed by atoms with E-state index in [0.717, 1.165) is 23.9 Å². The Labute approximate surface area is 131 Å². The van der Waals surface area contributed by atoms with Crippen molar-refractivity contribution >= 4 is 29.6 Å². The van der Waals surface area contributed by atoms with Gasteiger partial charge in [-0.1, -0.05) is 30.0 Å². The van der Waals surface area contributed by atoms with Gasteiger partial charge in [-0.15, -0.1) is 0 Å². The lowest BCUT2D eigenvalue weighted by Gasteiger charge is -2.11. The van der Waals surface area contributed by atoms with Crippen molar-refractivity contribution in [1.29, 1.82) is 0 Å². The molecule has 2 aromatic rings. The number of hydrogen-bond acceptors (Lipinski definition) is 3. The number of benzene rings is 2. The van der Waals surface area contributed by atoms with Crippen molar-refractivity contribution in [3.63, 3.8) is 0 Å². The van der Waals surface area contributed by atoms with Crippen molar-refractivity contribution in [1.82, 2.24) is 0 Å². The van der Waals surface area contributed by atoms with E-state index in [0.29, 0.717) is 10.5 Å². The van der Waals surface area contributed by atoms with E-state index in [1.54, 1.807) is 6.08 Å². The van der Waals surface area contributed by atoms with Gasteiger partial charge >= 0.3 is 6.18 Å².